The number of hydrogen-bond donors (Lipinski definition) is 0. The molecule has 2 atom stereocenters. The van der Waals surface area contributed by atoms with Crippen LogP contribution in [0.1, 0.15) is 12.8 Å². The lowest BCUT2D eigenvalue weighted by Crippen LogP contribution is -2.22. The number of likely N-dealkylation sites (tertiary alicyclic amines) is 1. The maximum atomic E-state index is 10.7. The Morgan fingerprint density at radius 1 is 1.30 bits per heavy atom. The number of carbonyl (C=O) groups excluding carboxylic acids is 1. The van der Waals surface area contributed by atoms with E-state index in [0.717, 1.165) is 24.9 Å². The highest BCUT2D eigenvalue weighted by Crippen LogP contribution is 2.40. The van der Waals surface area contributed by atoms with Crippen LogP contribution in [0.5, 0.6) is 0 Å². The lowest BCUT2D eigenvalue weighted by Gasteiger charge is -2.27. The molecule has 1 aliphatic heterocycles. The second-order valence-electron chi connectivity index (χ2n) is 3.26. The van der Waals surface area contributed by atoms with Crippen LogP contribution in [0.25, 0.3) is 0 Å². The Bertz CT molecular complexity index is 159. The summed E-state index contributed by atoms with van der Waals surface area (Å²) in [5, 5.41) is -0.269. The summed E-state index contributed by atoms with van der Waals surface area (Å²) in [6, 6.07) is 0. The van der Waals surface area contributed by atoms with Gasteiger partial charge in [-0.15, -0.1) is 0 Å². The molecule has 0 aromatic heterocycles. The van der Waals surface area contributed by atoms with E-state index in [1.54, 1.807) is 4.90 Å². The van der Waals surface area contributed by atoms with Gasteiger partial charge in [-0.1, -0.05) is 0 Å². The normalized spacial score (nSPS) is 37.1. The fourth-order valence-corrected chi connectivity index (χ4v) is 2.04. The zero-order valence-corrected chi connectivity index (χ0v) is 6.47. The molecule has 0 radical (unpaired) electrons. The van der Waals surface area contributed by atoms with Crippen LogP contribution >= 0.6 is 11.6 Å². The molecule has 3 heteroatoms. The number of amides is 1. The largest absolute Gasteiger partial charge is 0.329 e. The number of carbonyl (C=O) groups is 1. The lowest BCUT2D eigenvalue weighted by molar-refractivity contribution is 0.231. The van der Waals surface area contributed by atoms with Gasteiger partial charge in [0.2, 0.25) is 0 Å². The second-order valence-corrected chi connectivity index (χ2v) is 3.58. The molecule has 10 heavy (non-hydrogen) atoms. The first-order valence-electron chi connectivity index (χ1n) is 3.72. The van der Waals surface area contributed by atoms with E-state index in [4.69, 9.17) is 11.6 Å². The molecule has 0 bridgehead atoms. The smallest absolute Gasteiger partial charge is 0.316 e. The third-order valence-corrected chi connectivity index (χ3v) is 2.97. The molecule has 2 aliphatic rings. The highest BCUT2D eigenvalue weighted by molar-refractivity contribution is 6.62. The summed E-state index contributed by atoms with van der Waals surface area (Å²) in [6.07, 6.45) is 2.59. The molecule has 1 heterocycles. The molecular weight excluding hydrogens is 150 g/mol. The fraction of sp³-hybridized carbons (Fsp3) is 0.857. The predicted octanol–water partition coefficient (Wildman–Crippen LogP) is 1.69. The zero-order valence-electron chi connectivity index (χ0n) is 5.72. The van der Waals surface area contributed by atoms with Crippen molar-refractivity contribution < 1.29 is 4.79 Å². The van der Waals surface area contributed by atoms with E-state index in [1.165, 1.54) is 12.8 Å². The Hall–Kier alpha value is -0.240. The summed E-state index contributed by atoms with van der Waals surface area (Å²) in [4.78, 5) is 12.4. The Kier molecular flexibility index (Phi) is 1.37. The van der Waals surface area contributed by atoms with Crippen molar-refractivity contribution in [2.75, 3.05) is 13.1 Å². The van der Waals surface area contributed by atoms with Gasteiger partial charge in [0, 0.05) is 13.1 Å². The summed E-state index contributed by atoms with van der Waals surface area (Å²) >= 11 is 5.33. The molecule has 2 rings (SSSR count). The highest BCUT2D eigenvalue weighted by Gasteiger charge is 2.40. The van der Waals surface area contributed by atoms with Crippen LogP contribution in [0.15, 0.2) is 0 Å². The average Bonchev–Trinajstić information content (AvgIpc) is 2.09. The van der Waals surface area contributed by atoms with Crippen LogP contribution in [0.4, 0.5) is 4.79 Å². The van der Waals surface area contributed by atoms with Gasteiger partial charge in [-0.05, 0) is 36.3 Å². The third kappa shape index (κ3) is 0.823. The molecule has 1 amide bonds. The molecule has 0 aromatic rings. The lowest BCUT2D eigenvalue weighted by atomic mass is 9.77. The van der Waals surface area contributed by atoms with Gasteiger partial charge in [0.1, 0.15) is 0 Å². The van der Waals surface area contributed by atoms with Crippen molar-refractivity contribution in [1.29, 1.82) is 0 Å². The van der Waals surface area contributed by atoms with Crippen molar-refractivity contribution >= 4 is 17.0 Å². The number of fused-ring (bicyclic) bond motifs is 1. The van der Waals surface area contributed by atoms with E-state index in [2.05, 4.69) is 0 Å². The molecule has 1 saturated carbocycles. The molecule has 1 saturated heterocycles. The molecule has 56 valence electrons. The van der Waals surface area contributed by atoms with Crippen molar-refractivity contribution in [2.24, 2.45) is 11.8 Å². The van der Waals surface area contributed by atoms with Gasteiger partial charge in [-0.25, -0.2) is 0 Å². The Morgan fingerprint density at radius 2 is 1.80 bits per heavy atom. The van der Waals surface area contributed by atoms with Crippen molar-refractivity contribution in [3.05, 3.63) is 0 Å². The number of hydrogen-bond acceptors (Lipinski definition) is 1. The molecular formula is C7H10ClNO. The fourth-order valence-electron chi connectivity index (χ4n) is 1.90. The van der Waals surface area contributed by atoms with Crippen LogP contribution in [-0.2, 0) is 0 Å². The summed E-state index contributed by atoms with van der Waals surface area (Å²) < 4.78 is 0. The van der Waals surface area contributed by atoms with Crippen molar-refractivity contribution in [3.8, 4) is 0 Å². The van der Waals surface area contributed by atoms with Crippen LogP contribution in [0.2, 0.25) is 0 Å². The van der Waals surface area contributed by atoms with E-state index in [-0.39, 0.29) is 5.37 Å². The monoisotopic (exact) mass is 159 g/mol. The summed E-state index contributed by atoms with van der Waals surface area (Å²) in [5.41, 5.74) is 0. The van der Waals surface area contributed by atoms with Crippen LogP contribution in [-0.4, -0.2) is 23.4 Å². The van der Waals surface area contributed by atoms with E-state index < -0.39 is 0 Å². The average molecular weight is 160 g/mol. The van der Waals surface area contributed by atoms with Crippen molar-refractivity contribution in [1.82, 2.24) is 4.90 Å². The van der Waals surface area contributed by atoms with Gasteiger partial charge in [0.05, 0.1) is 0 Å². The van der Waals surface area contributed by atoms with Gasteiger partial charge < -0.3 is 4.90 Å². The van der Waals surface area contributed by atoms with Gasteiger partial charge in [-0.3, -0.25) is 4.79 Å². The topological polar surface area (TPSA) is 20.3 Å². The summed E-state index contributed by atoms with van der Waals surface area (Å²) in [5.74, 6) is 1.56. The quantitative estimate of drug-likeness (QED) is 0.389. The van der Waals surface area contributed by atoms with E-state index in [1.807, 2.05) is 0 Å². The van der Waals surface area contributed by atoms with Gasteiger partial charge in [0.25, 0.3) is 0 Å². The van der Waals surface area contributed by atoms with Gasteiger partial charge in [-0.2, -0.15) is 0 Å². The van der Waals surface area contributed by atoms with Crippen LogP contribution in [0.3, 0.4) is 0 Å². The maximum absolute atomic E-state index is 10.7. The minimum Gasteiger partial charge on any atom is -0.329 e. The Labute approximate surface area is 65.1 Å². The van der Waals surface area contributed by atoms with Crippen molar-refractivity contribution in [3.63, 3.8) is 0 Å². The number of halogens is 1. The van der Waals surface area contributed by atoms with E-state index in [0.29, 0.717) is 0 Å². The van der Waals surface area contributed by atoms with E-state index >= 15 is 0 Å². The molecule has 1 aliphatic carbocycles. The summed E-state index contributed by atoms with van der Waals surface area (Å²) in [6.45, 7) is 1.82. The highest BCUT2D eigenvalue weighted by atomic mass is 35.5. The van der Waals surface area contributed by atoms with Gasteiger partial charge >= 0.3 is 5.37 Å². The minimum atomic E-state index is -0.269. The first kappa shape index (κ1) is 6.47. The maximum Gasteiger partial charge on any atom is 0.316 e. The third-order valence-electron chi connectivity index (χ3n) is 2.73. The second kappa shape index (κ2) is 2.12. The van der Waals surface area contributed by atoms with Crippen molar-refractivity contribution in [2.45, 2.75) is 12.8 Å². The zero-order chi connectivity index (χ0) is 7.14. The van der Waals surface area contributed by atoms with E-state index in [9.17, 15) is 4.79 Å². The molecule has 0 N–H and O–H groups in total. The minimum absolute atomic E-state index is 0.269. The molecule has 0 spiro atoms. The SMILES string of the molecule is O=C(Cl)N1CC2CCC2C1. The molecule has 0 aromatic carbocycles. The van der Waals surface area contributed by atoms with Crippen LogP contribution < -0.4 is 0 Å². The standard InChI is InChI=1S/C7H10ClNO/c8-7(10)9-3-5-1-2-6(5)4-9/h5-6H,1-4H2. The number of nitrogens with zero attached hydrogens (tertiary/aromatic N) is 1. The summed E-state index contributed by atoms with van der Waals surface area (Å²) in [7, 11) is 0. The molecule has 2 fully saturated rings. The Morgan fingerprint density at radius 3 is 2.10 bits per heavy atom. The Balaban J connectivity index is 1.98. The van der Waals surface area contributed by atoms with Gasteiger partial charge in [0.15, 0.2) is 0 Å². The number of rotatable bonds is 0. The predicted molar refractivity (Wildman–Crippen MR) is 39.0 cm³/mol. The first-order valence-corrected chi connectivity index (χ1v) is 4.09. The molecule has 2 nitrogen and oxygen atoms in total. The first-order chi connectivity index (χ1) is 4.77. The van der Waals surface area contributed by atoms with Crippen LogP contribution in [0, 0.1) is 11.8 Å². The molecule has 2 unspecified atom stereocenters.